The van der Waals surface area contributed by atoms with Crippen LogP contribution in [0, 0.1) is 11.7 Å². The Labute approximate surface area is 251 Å². The molecule has 11 nitrogen and oxygen atoms in total. The smallest absolute Gasteiger partial charge is 0.227 e. The van der Waals surface area contributed by atoms with Gasteiger partial charge in [0, 0.05) is 53.0 Å². The predicted octanol–water partition coefficient (Wildman–Crippen LogP) is 5.16. The Balaban J connectivity index is 1.23. The number of anilines is 1. The van der Waals surface area contributed by atoms with Gasteiger partial charge in [0.1, 0.15) is 17.2 Å². The molecule has 0 radical (unpaired) electrons. The number of hydrogen-bond donors (Lipinski definition) is 4. The Bertz CT molecular complexity index is 2170. The molecule has 5 aromatic heterocycles. The Morgan fingerprint density at radius 3 is 2.61 bits per heavy atom. The number of carbonyl (C=O) groups excluding carboxylic acids is 1. The SMILES string of the molecule is CS(=O)(=O)NCc1cc(F)cc(-c2ccnc3[nH]c(-c4n[nH]c5ncc(-c6cncc(NC(=O)C7CCC7)c6)cc45)cc23)c1. The Kier molecular flexibility index (Phi) is 6.90. The number of nitrogens with zero attached hydrogens (tertiary/aromatic N) is 4. The van der Waals surface area contributed by atoms with E-state index in [0.717, 1.165) is 53.0 Å². The molecule has 1 aliphatic carbocycles. The number of amides is 1. The van der Waals surface area contributed by atoms with Crippen molar-refractivity contribution in [2.45, 2.75) is 25.8 Å². The van der Waals surface area contributed by atoms with Crippen molar-refractivity contribution in [3.05, 3.63) is 78.6 Å². The van der Waals surface area contributed by atoms with Crippen LogP contribution in [0.4, 0.5) is 10.1 Å². The molecule has 0 spiro atoms. The summed E-state index contributed by atoms with van der Waals surface area (Å²) in [4.78, 5) is 29.1. The van der Waals surface area contributed by atoms with Gasteiger partial charge in [0.15, 0.2) is 5.65 Å². The van der Waals surface area contributed by atoms with Crippen LogP contribution in [0.15, 0.2) is 67.3 Å². The van der Waals surface area contributed by atoms with Gasteiger partial charge in [-0.2, -0.15) is 5.10 Å². The van der Waals surface area contributed by atoms with Crippen molar-refractivity contribution in [2.75, 3.05) is 11.6 Å². The van der Waals surface area contributed by atoms with Crippen LogP contribution in [0.2, 0.25) is 0 Å². The molecule has 0 bridgehead atoms. The summed E-state index contributed by atoms with van der Waals surface area (Å²) in [7, 11) is -3.44. The summed E-state index contributed by atoms with van der Waals surface area (Å²) in [6.45, 7) is -0.0316. The Hall–Kier alpha value is -5.01. The number of hydrogen-bond acceptors (Lipinski definition) is 7. The summed E-state index contributed by atoms with van der Waals surface area (Å²) < 4.78 is 40.2. The van der Waals surface area contributed by atoms with Crippen LogP contribution in [0.1, 0.15) is 24.8 Å². The fourth-order valence-corrected chi connectivity index (χ4v) is 5.81. The lowest BCUT2D eigenvalue weighted by molar-refractivity contribution is -0.122. The van der Waals surface area contributed by atoms with Gasteiger partial charge in [0.05, 0.1) is 23.8 Å². The van der Waals surface area contributed by atoms with Gasteiger partial charge in [-0.3, -0.25) is 14.9 Å². The van der Waals surface area contributed by atoms with E-state index < -0.39 is 15.8 Å². The van der Waals surface area contributed by atoms with Crippen molar-refractivity contribution in [1.29, 1.82) is 0 Å². The predicted molar refractivity (Wildman–Crippen MR) is 165 cm³/mol. The second-order valence-corrected chi connectivity index (χ2v) is 12.8. The van der Waals surface area contributed by atoms with E-state index in [0.29, 0.717) is 39.5 Å². The number of benzene rings is 1. The molecule has 0 saturated heterocycles. The highest BCUT2D eigenvalue weighted by Crippen LogP contribution is 2.35. The molecule has 1 saturated carbocycles. The molecule has 1 aliphatic rings. The van der Waals surface area contributed by atoms with Crippen molar-refractivity contribution in [3.8, 4) is 33.6 Å². The number of halogens is 1. The molecule has 4 N–H and O–H groups in total. The van der Waals surface area contributed by atoms with Crippen molar-refractivity contribution in [2.24, 2.45) is 5.92 Å². The number of H-pyrrole nitrogens is 2. The van der Waals surface area contributed by atoms with E-state index in [2.05, 4.69) is 40.2 Å². The van der Waals surface area contributed by atoms with Crippen LogP contribution < -0.4 is 10.0 Å². The number of rotatable bonds is 8. The van der Waals surface area contributed by atoms with Crippen molar-refractivity contribution in [3.63, 3.8) is 0 Å². The van der Waals surface area contributed by atoms with E-state index in [1.807, 2.05) is 18.2 Å². The summed E-state index contributed by atoms with van der Waals surface area (Å²) in [6.07, 6.45) is 10.7. The van der Waals surface area contributed by atoms with Gasteiger partial charge in [0.25, 0.3) is 0 Å². The number of nitrogens with one attached hydrogen (secondary N) is 4. The number of fused-ring (bicyclic) bond motifs is 2. The lowest BCUT2D eigenvalue weighted by atomic mass is 9.85. The molecule has 1 aromatic carbocycles. The van der Waals surface area contributed by atoms with Crippen LogP contribution >= 0.6 is 0 Å². The van der Waals surface area contributed by atoms with Crippen molar-refractivity contribution in [1.82, 2.24) is 34.9 Å². The molecule has 222 valence electrons. The molecule has 0 unspecified atom stereocenters. The molecule has 1 fully saturated rings. The first-order valence-corrected chi connectivity index (χ1v) is 15.9. The fourth-order valence-electron chi connectivity index (χ4n) is 5.38. The summed E-state index contributed by atoms with van der Waals surface area (Å²) in [6, 6.07) is 12.0. The largest absolute Gasteiger partial charge is 0.338 e. The summed E-state index contributed by atoms with van der Waals surface area (Å²) in [5, 5.41) is 12.0. The highest BCUT2D eigenvalue weighted by Gasteiger charge is 2.25. The Morgan fingerprint density at radius 1 is 0.977 bits per heavy atom. The van der Waals surface area contributed by atoms with Crippen LogP contribution in [-0.4, -0.2) is 50.7 Å². The van der Waals surface area contributed by atoms with Crippen LogP contribution in [0.3, 0.4) is 0 Å². The van der Waals surface area contributed by atoms with E-state index in [-0.39, 0.29) is 18.4 Å². The summed E-state index contributed by atoms with van der Waals surface area (Å²) in [5.41, 5.74) is 6.51. The van der Waals surface area contributed by atoms with Crippen LogP contribution in [0.25, 0.3) is 55.7 Å². The van der Waals surface area contributed by atoms with Gasteiger partial charge < -0.3 is 10.3 Å². The number of sulfonamides is 1. The molecule has 44 heavy (non-hydrogen) atoms. The second kappa shape index (κ2) is 10.9. The molecule has 7 rings (SSSR count). The van der Waals surface area contributed by atoms with Gasteiger partial charge in [-0.15, -0.1) is 0 Å². The molecular weight excluding hydrogens is 583 g/mol. The summed E-state index contributed by atoms with van der Waals surface area (Å²) >= 11 is 0. The minimum atomic E-state index is -3.44. The quantitative estimate of drug-likeness (QED) is 0.185. The molecule has 13 heteroatoms. The molecule has 5 heterocycles. The van der Waals surface area contributed by atoms with E-state index in [1.54, 1.807) is 36.9 Å². The fraction of sp³-hybridized carbons (Fsp3) is 0.194. The van der Waals surface area contributed by atoms with Gasteiger partial charge in [0.2, 0.25) is 15.9 Å². The van der Waals surface area contributed by atoms with Gasteiger partial charge in [-0.05, 0) is 72.0 Å². The second-order valence-electron chi connectivity index (χ2n) is 11.0. The third kappa shape index (κ3) is 5.54. The molecule has 0 atom stereocenters. The average Bonchev–Trinajstić information content (AvgIpc) is 3.58. The number of pyridine rings is 3. The number of aromatic nitrogens is 6. The lowest BCUT2D eigenvalue weighted by Crippen LogP contribution is -2.28. The highest BCUT2D eigenvalue weighted by atomic mass is 32.2. The standard InChI is InChI=1S/C31H27FN8O3S/c1-44(42,43)36-13-17-7-19(9-22(32)8-17)24-5-6-34-29-25(24)12-27(38-29)28-26-11-21(15-35-30(26)40-39-28)20-10-23(16-33-14-20)37-31(41)18-3-2-4-18/h5-12,14-16,18,36H,2-4,13H2,1H3,(H,34,38)(H,37,41)(H,35,39,40). The van der Waals surface area contributed by atoms with E-state index in [4.69, 9.17) is 0 Å². The highest BCUT2D eigenvalue weighted by molar-refractivity contribution is 7.88. The molecular formula is C31H27FN8O3S. The first-order valence-electron chi connectivity index (χ1n) is 14.0. The third-order valence-electron chi connectivity index (χ3n) is 7.83. The van der Waals surface area contributed by atoms with E-state index >= 15 is 0 Å². The number of aromatic amines is 2. The minimum Gasteiger partial charge on any atom is -0.338 e. The lowest BCUT2D eigenvalue weighted by Gasteiger charge is -2.24. The Morgan fingerprint density at radius 2 is 1.82 bits per heavy atom. The zero-order chi connectivity index (χ0) is 30.4. The topological polar surface area (TPSA) is 158 Å². The van der Waals surface area contributed by atoms with Crippen LogP contribution in [0.5, 0.6) is 0 Å². The monoisotopic (exact) mass is 610 g/mol. The maximum atomic E-state index is 14.6. The minimum absolute atomic E-state index is 0.0210. The van der Waals surface area contributed by atoms with Crippen molar-refractivity contribution >= 4 is 43.7 Å². The van der Waals surface area contributed by atoms with Crippen LogP contribution in [-0.2, 0) is 21.4 Å². The first kappa shape index (κ1) is 27.8. The van der Waals surface area contributed by atoms with E-state index in [9.17, 15) is 17.6 Å². The zero-order valence-corrected chi connectivity index (χ0v) is 24.4. The van der Waals surface area contributed by atoms with E-state index in [1.165, 1.54) is 12.1 Å². The molecule has 6 aromatic rings. The molecule has 0 aliphatic heterocycles. The van der Waals surface area contributed by atoms with Gasteiger partial charge in [-0.1, -0.05) is 6.42 Å². The van der Waals surface area contributed by atoms with Gasteiger partial charge >= 0.3 is 0 Å². The van der Waals surface area contributed by atoms with Gasteiger partial charge in [-0.25, -0.2) is 27.5 Å². The van der Waals surface area contributed by atoms with Crippen molar-refractivity contribution < 1.29 is 17.6 Å². The third-order valence-corrected chi connectivity index (χ3v) is 8.49. The normalized spacial score (nSPS) is 13.8. The zero-order valence-electron chi connectivity index (χ0n) is 23.6. The average molecular weight is 611 g/mol. The summed E-state index contributed by atoms with van der Waals surface area (Å²) in [5.74, 6) is -0.393. The first-order chi connectivity index (χ1) is 21.2. The maximum absolute atomic E-state index is 14.6. The molecule has 1 amide bonds. The number of carbonyl (C=O) groups is 1. The maximum Gasteiger partial charge on any atom is 0.227 e.